The van der Waals surface area contributed by atoms with Gasteiger partial charge in [-0.15, -0.1) is 0 Å². The number of hydrogen-bond donors (Lipinski definition) is 1. The van der Waals surface area contributed by atoms with E-state index in [-0.39, 0.29) is 0 Å². The lowest BCUT2D eigenvalue weighted by molar-refractivity contribution is -0.124. The molecule has 1 N–H and O–H groups in total. The van der Waals surface area contributed by atoms with E-state index in [9.17, 15) is 13.2 Å². The Bertz CT molecular complexity index is 529. The van der Waals surface area contributed by atoms with Gasteiger partial charge in [0.2, 0.25) is 0 Å². The zero-order valence-corrected chi connectivity index (χ0v) is 10.1. The van der Waals surface area contributed by atoms with Crippen LogP contribution in [0, 0.1) is 6.92 Å². The Labute approximate surface area is 103 Å². The molecule has 2 nitrogen and oxygen atoms in total. The highest BCUT2D eigenvalue weighted by molar-refractivity contribution is 5.83. The van der Waals surface area contributed by atoms with E-state index in [0.717, 1.165) is 10.9 Å². The average Bonchev–Trinajstić information content (AvgIpc) is 2.68. The molecule has 1 aromatic carbocycles. The fourth-order valence-corrected chi connectivity index (χ4v) is 2.00. The molecule has 0 radical (unpaired) electrons. The van der Waals surface area contributed by atoms with Crippen LogP contribution in [0.4, 0.5) is 13.2 Å². The van der Waals surface area contributed by atoms with Crippen LogP contribution >= 0.6 is 0 Å². The Hall–Kier alpha value is -1.49. The van der Waals surface area contributed by atoms with Crippen LogP contribution in [-0.4, -0.2) is 23.8 Å². The first-order valence-electron chi connectivity index (χ1n) is 5.79. The van der Waals surface area contributed by atoms with Gasteiger partial charge in [0, 0.05) is 30.2 Å². The van der Waals surface area contributed by atoms with Gasteiger partial charge in [0.05, 0.1) is 6.54 Å². The Morgan fingerprint density at radius 2 is 2.00 bits per heavy atom. The van der Waals surface area contributed by atoms with Gasteiger partial charge in [-0.1, -0.05) is 12.1 Å². The summed E-state index contributed by atoms with van der Waals surface area (Å²) in [6.07, 6.45) is -2.23. The molecule has 0 fully saturated rings. The molecule has 1 aromatic heterocycles. The van der Waals surface area contributed by atoms with Crippen molar-refractivity contribution in [3.63, 3.8) is 0 Å². The fourth-order valence-electron chi connectivity index (χ4n) is 2.00. The van der Waals surface area contributed by atoms with Gasteiger partial charge in [-0.2, -0.15) is 13.2 Å². The van der Waals surface area contributed by atoms with Gasteiger partial charge in [0.1, 0.15) is 0 Å². The van der Waals surface area contributed by atoms with Crippen LogP contribution in [0.15, 0.2) is 30.5 Å². The largest absolute Gasteiger partial charge is 0.401 e. The number of nitrogens with zero attached hydrogens (tertiary/aromatic N) is 1. The number of halogens is 3. The van der Waals surface area contributed by atoms with E-state index in [4.69, 9.17) is 0 Å². The van der Waals surface area contributed by atoms with Crippen molar-refractivity contribution in [2.45, 2.75) is 19.6 Å². The molecule has 2 aromatic rings. The first-order chi connectivity index (χ1) is 8.47. The Kier molecular flexibility index (Phi) is 3.61. The number of aromatic nitrogens is 1. The number of benzene rings is 1. The quantitative estimate of drug-likeness (QED) is 0.832. The minimum absolute atomic E-state index is 0.303. The molecule has 0 amide bonds. The van der Waals surface area contributed by atoms with Crippen LogP contribution in [0.5, 0.6) is 0 Å². The van der Waals surface area contributed by atoms with E-state index in [1.54, 1.807) is 0 Å². The average molecular weight is 256 g/mol. The monoisotopic (exact) mass is 256 g/mol. The summed E-state index contributed by atoms with van der Waals surface area (Å²) in [7, 11) is 0. The summed E-state index contributed by atoms with van der Waals surface area (Å²) in [6, 6.07) is 7.95. The van der Waals surface area contributed by atoms with Crippen molar-refractivity contribution in [2.24, 2.45) is 0 Å². The molecule has 98 valence electrons. The maximum absolute atomic E-state index is 12.0. The van der Waals surface area contributed by atoms with E-state index < -0.39 is 12.7 Å². The maximum Gasteiger partial charge on any atom is 0.401 e. The number of nitrogens with one attached hydrogen (secondary N) is 1. The molecule has 0 unspecified atom stereocenters. The summed E-state index contributed by atoms with van der Waals surface area (Å²) in [5.41, 5.74) is 2.23. The van der Waals surface area contributed by atoms with Gasteiger partial charge in [0.15, 0.2) is 0 Å². The summed E-state index contributed by atoms with van der Waals surface area (Å²) in [4.78, 5) is 0. The van der Waals surface area contributed by atoms with Crippen molar-refractivity contribution in [1.82, 2.24) is 9.88 Å². The Balaban J connectivity index is 1.98. The Morgan fingerprint density at radius 3 is 2.72 bits per heavy atom. The predicted molar refractivity (Wildman–Crippen MR) is 65.6 cm³/mol. The first kappa shape index (κ1) is 13.0. The highest BCUT2D eigenvalue weighted by atomic mass is 19.4. The highest BCUT2D eigenvalue weighted by Gasteiger charge is 2.25. The second-order valence-electron chi connectivity index (χ2n) is 4.31. The molecule has 0 atom stereocenters. The summed E-state index contributed by atoms with van der Waals surface area (Å²) in [5.74, 6) is 0. The van der Waals surface area contributed by atoms with Crippen LogP contribution in [0.25, 0.3) is 10.9 Å². The summed E-state index contributed by atoms with van der Waals surface area (Å²) in [6.45, 7) is 1.92. The van der Waals surface area contributed by atoms with E-state index in [1.807, 2.05) is 42.0 Å². The third-order valence-corrected chi connectivity index (χ3v) is 2.89. The van der Waals surface area contributed by atoms with E-state index in [1.165, 1.54) is 5.56 Å². The van der Waals surface area contributed by atoms with E-state index >= 15 is 0 Å². The molecular weight excluding hydrogens is 241 g/mol. The number of hydrogen-bond acceptors (Lipinski definition) is 1. The smallest absolute Gasteiger partial charge is 0.346 e. The highest BCUT2D eigenvalue weighted by Crippen LogP contribution is 2.19. The normalized spacial score (nSPS) is 12.2. The molecule has 1 heterocycles. The molecule has 0 aliphatic heterocycles. The molecule has 5 heteroatoms. The zero-order valence-electron chi connectivity index (χ0n) is 10.1. The summed E-state index contributed by atoms with van der Waals surface area (Å²) < 4.78 is 37.8. The van der Waals surface area contributed by atoms with Crippen LogP contribution in [0.2, 0.25) is 0 Å². The fraction of sp³-hybridized carbons (Fsp3) is 0.385. The van der Waals surface area contributed by atoms with Crippen LogP contribution in [-0.2, 0) is 6.54 Å². The predicted octanol–water partition coefficient (Wildman–Crippen LogP) is 3.10. The van der Waals surface area contributed by atoms with Crippen molar-refractivity contribution in [1.29, 1.82) is 0 Å². The number of alkyl halides is 3. The van der Waals surface area contributed by atoms with Gasteiger partial charge in [-0.05, 0) is 24.6 Å². The second kappa shape index (κ2) is 5.02. The SMILES string of the molecule is Cc1cccc2c1ccn2CCNCC(F)(F)F. The minimum atomic E-state index is -4.14. The van der Waals surface area contributed by atoms with Crippen molar-refractivity contribution in [3.8, 4) is 0 Å². The van der Waals surface area contributed by atoms with Crippen molar-refractivity contribution >= 4 is 10.9 Å². The molecule has 0 aliphatic rings. The van der Waals surface area contributed by atoms with Crippen molar-refractivity contribution in [3.05, 3.63) is 36.0 Å². The minimum Gasteiger partial charge on any atom is -0.346 e. The van der Waals surface area contributed by atoms with Gasteiger partial charge >= 0.3 is 6.18 Å². The molecule has 0 bridgehead atoms. The van der Waals surface area contributed by atoms with E-state index in [0.29, 0.717) is 13.1 Å². The molecular formula is C13H15F3N2. The third kappa shape index (κ3) is 3.04. The summed E-state index contributed by atoms with van der Waals surface area (Å²) >= 11 is 0. The first-order valence-corrected chi connectivity index (χ1v) is 5.79. The molecule has 0 saturated carbocycles. The molecule has 18 heavy (non-hydrogen) atoms. The standard InChI is InChI=1S/C13H15F3N2/c1-10-3-2-4-12-11(10)5-7-18(12)8-6-17-9-13(14,15)16/h2-5,7,17H,6,8-9H2,1H3. The van der Waals surface area contributed by atoms with Crippen LogP contribution < -0.4 is 5.32 Å². The van der Waals surface area contributed by atoms with Crippen LogP contribution in [0.1, 0.15) is 5.56 Å². The van der Waals surface area contributed by atoms with Gasteiger partial charge in [-0.3, -0.25) is 0 Å². The van der Waals surface area contributed by atoms with Gasteiger partial charge in [0.25, 0.3) is 0 Å². The molecule has 2 rings (SSSR count). The third-order valence-electron chi connectivity index (χ3n) is 2.89. The molecule has 0 aliphatic carbocycles. The van der Waals surface area contributed by atoms with Gasteiger partial charge < -0.3 is 9.88 Å². The van der Waals surface area contributed by atoms with Crippen molar-refractivity contribution in [2.75, 3.05) is 13.1 Å². The molecule has 0 spiro atoms. The van der Waals surface area contributed by atoms with Gasteiger partial charge in [-0.25, -0.2) is 0 Å². The lowest BCUT2D eigenvalue weighted by Gasteiger charge is -2.09. The lowest BCUT2D eigenvalue weighted by Crippen LogP contribution is -2.31. The van der Waals surface area contributed by atoms with Crippen molar-refractivity contribution < 1.29 is 13.2 Å². The number of rotatable bonds is 4. The van der Waals surface area contributed by atoms with E-state index in [2.05, 4.69) is 5.32 Å². The lowest BCUT2D eigenvalue weighted by atomic mass is 10.1. The van der Waals surface area contributed by atoms with Crippen LogP contribution in [0.3, 0.4) is 0 Å². The topological polar surface area (TPSA) is 17.0 Å². The number of fused-ring (bicyclic) bond motifs is 1. The molecule has 0 saturated heterocycles. The number of aryl methyl sites for hydroxylation is 1. The second-order valence-corrected chi connectivity index (χ2v) is 4.31. The summed E-state index contributed by atoms with van der Waals surface area (Å²) in [5, 5.41) is 3.54. The maximum atomic E-state index is 12.0. The Morgan fingerprint density at radius 1 is 1.22 bits per heavy atom. The zero-order chi connectivity index (χ0) is 13.2.